The number of rotatable bonds is 5. The molecule has 9 heteroatoms. The number of ketones is 1. The topological polar surface area (TPSA) is 68.3 Å². The van der Waals surface area contributed by atoms with Gasteiger partial charge in [0.05, 0.1) is 5.54 Å². The molecule has 0 bridgehead atoms. The van der Waals surface area contributed by atoms with Gasteiger partial charge in [-0.2, -0.15) is 13.2 Å². The number of nitrogens with one attached hydrogen (secondary N) is 1. The Balaban J connectivity index is 2.14. The van der Waals surface area contributed by atoms with Gasteiger partial charge in [-0.05, 0) is 37.1 Å². The zero-order valence-corrected chi connectivity index (χ0v) is 15.2. The number of aromatic nitrogens is 1. The highest BCUT2D eigenvalue weighted by molar-refractivity contribution is 6.29. The summed E-state index contributed by atoms with van der Waals surface area (Å²) >= 11 is 5.75. The van der Waals surface area contributed by atoms with Crippen LogP contribution >= 0.6 is 11.6 Å². The Hall–Kier alpha value is -2.61. The number of alkyl halides is 3. The van der Waals surface area contributed by atoms with Gasteiger partial charge in [-0.15, -0.1) is 0 Å². The van der Waals surface area contributed by atoms with Gasteiger partial charge in [-0.1, -0.05) is 41.9 Å². The van der Waals surface area contributed by atoms with E-state index in [9.17, 15) is 22.8 Å². The highest BCUT2D eigenvalue weighted by atomic mass is 35.5. The van der Waals surface area contributed by atoms with Crippen LogP contribution in [0.5, 0.6) is 0 Å². The van der Waals surface area contributed by atoms with Crippen LogP contribution in [-0.4, -0.2) is 23.0 Å². The largest absolute Gasteiger partial charge is 0.456 e. The molecule has 1 aromatic heterocycles. The maximum absolute atomic E-state index is 12.6. The second-order valence-electron chi connectivity index (χ2n) is 6.20. The Morgan fingerprint density at radius 2 is 1.78 bits per heavy atom. The average Bonchev–Trinajstić information content (AvgIpc) is 2.58. The van der Waals surface area contributed by atoms with E-state index in [1.165, 1.54) is 19.9 Å². The van der Waals surface area contributed by atoms with Crippen LogP contribution in [0.15, 0.2) is 42.5 Å². The molecular formula is C18H16ClF3N2O3. The predicted octanol–water partition coefficient (Wildman–Crippen LogP) is 4.64. The van der Waals surface area contributed by atoms with Crippen LogP contribution in [0.25, 0.3) is 0 Å². The van der Waals surface area contributed by atoms with E-state index in [1.807, 2.05) is 6.07 Å². The number of nitrogens with zero attached hydrogens (tertiary/aromatic N) is 1. The number of Topliss-reactive ketones (excluding diaryl/α,β-unsaturated/α-hetero) is 1. The number of carbonyl (C=O) groups excluding carboxylic acids is 2. The number of pyridine rings is 1. The molecule has 1 aromatic carbocycles. The van der Waals surface area contributed by atoms with E-state index in [1.54, 1.807) is 24.3 Å². The lowest BCUT2D eigenvalue weighted by Gasteiger charge is -2.27. The molecule has 0 fully saturated rings. The van der Waals surface area contributed by atoms with E-state index in [0.717, 1.165) is 11.6 Å². The fourth-order valence-corrected chi connectivity index (χ4v) is 2.41. The molecule has 0 aliphatic rings. The van der Waals surface area contributed by atoms with Crippen LogP contribution in [0.1, 0.15) is 35.5 Å². The molecule has 2 aromatic rings. The summed E-state index contributed by atoms with van der Waals surface area (Å²) in [6.45, 7) is 3.09. The summed E-state index contributed by atoms with van der Waals surface area (Å²) in [5, 5.41) is 2.24. The van der Waals surface area contributed by atoms with Gasteiger partial charge >= 0.3 is 12.3 Å². The molecule has 1 amide bonds. The molecule has 144 valence electrons. The van der Waals surface area contributed by atoms with Crippen molar-refractivity contribution in [2.24, 2.45) is 0 Å². The molecule has 0 atom stereocenters. The van der Waals surface area contributed by atoms with Crippen LogP contribution in [0.2, 0.25) is 5.15 Å². The number of benzene rings is 1. The van der Waals surface area contributed by atoms with Crippen LogP contribution in [0, 0.1) is 0 Å². The molecule has 0 aliphatic heterocycles. The van der Waals surface area contributed by atoms with Gasteiger partial charge in [0.1, 0.15) is 17.5 Å². The molecule has 27 heavy (non-hydrogen) atoms. The molecule has 0 spiro atoms. The van der Waals surface area contributed by atoms with E-state index in [-0.39, 0.29) is 17.3 Å². The molecule has 2 rings (SSSR count). The van der Waals surface area contributed by atoms with Crippen molar-refractivity contribution in [3.8, 4) is 0 Å². The van der Waals surface area contributed by atoms with E-state index in [2.05, 4.69) is 10.3 Å². The van der Waals surface area contributed by atoms with E-state index in [4.69, 9.17) is 16.3 Å². The van der Waals surface area contributed by atoms with Crippen molar-refractivity contribution < 1.29 is 27.5 Å². The highest BCUT2D eigenvalue weighted by Gasteiger charge is 2.41. The van der Waals surface area contributed by atoms with Crippen LogP contribution < -0.4 is 5.32 Å². The summed E-state index contributed by atoms with van der Waals surface area (Å²) in [4.78, 5) is 26.9. The summed E-state index contributed by atoms with van der Waals surface area (Å²) in [6.07, 6.45) is -5.86. The molecule has 0 radical (unpaired) electrons. The fraction of sp³-hybridized carbons (Fsp3) is 0.278. The summed E-state index contributed by atoms with van der Waals surface area (Å²) in [5.74, 6) is -2.12. The normalized spacial score (nSPS) is 11.8. The Kier molecular flexibility index (Phi) is 6.10. The number of amides is 1. The molecule has 0 saturated carbocycles. The third-order valence-electron chi connectivity index (χ3n) is 3.63. The van der Waals surface area contributed by atoms with Gasteiger partial charge in [-0.3, -0.25) is 4.79 Å². The first-order chi connectivity index (χ1) is 12.5. The van der Waals surface area contributed by atoms with Gasteiger partial charge in [0.25, 0.3) is 5.78 Å². The maximum Gasteiger partial charge on any atom is 0.456 e. The monoisotopic (exact) mass is 400 g/mol. The molecule has 0 unspecified atom stereocenters. The molecular weight excluding hydrogens is 385 g/mol. The Labute approximate surface area is 158 Å². The van der Waals surface area contributed by atoms with Crippen LogP contribution in [-0.2, 0) is 16.9 Å². The zero-order valence-electron chi connectivity index (χ0n) is 14.4. The number of ether oxygens (including phenoxy) is 1. The number of halogens is 4. The fourth-order valence-electron chi connectivity index (χ4n) is 2.21. The lowest BCUT2D eigenvalue weighted by Crippen LogP contribution is -2.41. The first-order valence-electron chi connectivity index (χ1n) is 7.77. The Morgan fingerprint density at radius 3 is 2.37 bits per heavy atom. The number of alkyl carbamates (subject to hydrolysis) is 1. The minimum absolute atomic E-state index is 0.0255. The highest BCUT2D eigenvalue weighted by Crippen LogP contribution is 2.27. The summed E-state index contributed by atoms with van der Waals surface area (Å²) < 4.78 is 43.0. The SMILES string of the molecule is CC(C)(NC(=O)OCc1ccccc1)c1cc(Cl)nc(C(=O)C(F)(F)F)c1. The Bertz CT molecular complexity index is 839. The van der Waals surface area contributed by atoms with E-state index in [0.29, 0.717) is 0 Å². The molecule has 0 saturated heterocycles. The van der Waals surface area contributed by atoms with Crippen molar-refractivity contribution in [1.29, 1.82) is 0 Å². The minimum atomic E-state index is -5.08. The van der Waals surface area contributed by atoms with E-state index < -0.39 is 29.3 Å². The lowest BCUT2D eigenvalue weighted by atomic mass is 9.94. The van der Waals surface area contributed by atoms with E-state index >= 15 is 0 Å². The Morgan fingerprint density at radius 1 is 1.15 bits per heavy atom. The molecule has 1 N–H and O–H groups in total. The van der Waals surface area contributed by atoms with Gasteiger partial charge in [0.15, 0.2) is 0 Å². The van der Waals surface area contributed by atoms with Crippen LogP contribution in [0.4, 0.5) is 18.0 Å². The summed E-state index contributed by atoms with van der Waals surface area (Å²) in [5.41, 5.74) is -1.07. The second-order valence-corrected chi connectivity index (χ2v) is 6.59. The smallest absolute Gasteiger partial charge is 0.445 e. The zero-order chi connectivity index (χ0) is 20.2. The first-order valence-corrected chi connectivity index (χ1v) is 8.15. The van der Waals surface area contributed by atoms with Crippen molar-refractivity contribution in [2.45, 2.75) is 32.2 Å². The number of hydrogen-bond acceptors (Lipinski definition) is 4. The van der Waals surface area contributed by atoms with Gasteiger partial charge < -0.3 is 10.1 Å². The van der Waals surface area contributed by atoms with Crippen molar-refractivity contribution in [3.05, 3.63) is 64.4 Å². The van der Waals surface area contributed by atoms with Crippen molar-refractivity contribution in [1.82, 2.24) is 10.3 Å². The number of hydrogen-bond donors (Lipinski definition) is 1. The minimum Gasteiger partial charge on any atom is -0.445 e. The predicted molar refractivity (Wildman–Crippen MR) is 92.4 cm³/mol. The van der Waals surface area contributed by atoms with Crippen molar-refractivity contribution in [3.63, 3.8) is 0 Å². The number of carbonyl (C=O) groups is 2. The molecule has 0 aliphatic carbocycles. The standard InChI is InChI=1S/C18H16ClF3N2O3/c1-17(2,24-16(26)27-10-11-6-4-3-5-7-11)12-8-13(23-14(19)9-12)15(25)18(20,21)22/h3-9H,10H2,1-2H3,(H,24,26). The molecule has 1 heterocycles. The van der Waals surface area contributed by atoms with Gasteiger partial charge in [0, 0.05) is 0 Å². The van der Waals surface area contributed by atoms with Gasteiger partial charge in [0.2, 0.25) is 0 Å². The lowest BCUT2D eigenvalue weighted by molar-refractivity contribution is -0.0888. The van der Waals surface area contributed by atoms with Crippen LogP contribution in [0.3, 0.4) is 0 Å². The van der Waals surface area contributed by atoms with Gasteiger partial charge in [-0.25, -0.2) is 9.78 Å². The quantitative estimate of drug-likeness (QED) is 0.586. The van der Waals surface area contributed by atoms with Crippen molar-refractivity contribution >= 4 is 23.5 Å². The first kappa shape index (κ1) is 20.7. The average molecular weight is 401 g/mol. The van der Waals surface area contributed by atoms with Crippen molar-refractivity contribution in [2.75, 3.05) is 0 Å². The summed E-state index contributed by atoms with van der Waals surface area (Å²) in [6, 6.07) is 11.2. The third kappa shape index (κ3) is 5.68. The summed E-state index contributed by atoms with van der Waals surface area (Å²) in [7, 11) is 0. The third-order valence-corrected chi connectivity index (χ3v) is 3.83. The maximum atomic E-state index is 12.6. The second kappa shape index (κ2) is 7.96. The molecule has 5 nitrogen and oxygen atoms in total.